The number of anilines is 2. The van der Waals surface area contributed by atoms with Crippen molar-refractivity contribution >= 4 is 11.6 Å². The Bertz CT molecular complexity index is 465. The zero-order valence-corrected chi connectivity index (χ0v) is 11.4. The van der Waals surface area contributed by atoms with Crippen LogP contribution in [0.25, 0.3) is 0 Å². The monoisotopic (exact) mass is 261 g/mol. The summed E-state index contributed by atoms with van der Waals surface area (Å²) in [7, 11) is 1.84. The summed E-state index contributed by atoms with van der Waals surface area (Å²) in [4.78, 5) is 10.5. The zero-order valence-electron chi connectivity index (χ0n) is 11.4. The average Bonchev–Trinajstić information content (AvgIpc) is 2.89. The number of rotatable bonds is 5. The number of nitriles is 1. The Morgan fingerprint density at radius 1 is 1.58 bits per heavy atom. The number of aryl methyl sites for hydroxylation is 1. The molecule has 0 amide bonds. The van der Waals surface area contributed by atoms with Crippen molar-refractivity contribution < 1.29 is 4.74 Å². The van der Waals surface area contributed by atoms with Gasteiger partial charge in [-0.1, -0.05) is 0 Å². The molecule has 19 heavy (non-hydrogen) atoms. The first-order valence-electron chi connectivity index (χ1n) is 6.48. The van der Waals surface area contributed by atoms with Crippen molar-refractivity contribution in [3.8, 4) is 6.07 Å². The van der Waals surface area contributed by atoms with Crippen LogP contribution in [-0.4, -0.2) is 42.8 Å². The standard InChI is InChI=1S/C13H19N5O/c1-10-16-12(15-9-11-4-3-7-19-11)8-13(17-10)18(2)6-5-14/h8,11H,3-4,6-7,9H2,1-2H3,(H,15,16,17). The van der Waals surface area contributed by atoms with Gasteiger partial charge in [-0.05, 0) is 19.8 Å². The van der Waals surface area contributed by atoms with Crippen molar-refractivity contribution in [3.63, 3.8) is 0 Å². The molecule has 1 fully saturated rings. The molecule has 1 atom stereocenters. The predicted octanol–water partition coefficient (Wildman–Crippen LogP) is 1.34. The highest BCUT2D eigenvalue weighted by atomic mass is 16.5. The van der Waals surface area contributed by atoms with Crippen molar-refractivity contribution in [2.24, 2.45) is 0 Å². The number of nitrogens with zero attached hydrogens (tertiary/aromatic N) is 4. The van der Waals surface area contributed by atoms with Gasteiger partial charge in [0, 0.05) is 26.3 Å². The molecule has 1 aliphatic heterocycles. The second-order valence-electron chi connectivity index (χ2n) is 4.69. The minimum absolute atomic E-state index is 0.274. The number of nitrogens with one attached hydrogen (secondary N) is 1. The van der Waals surface area contributed by atoms with Crippen LogP contribution in [0.3, 0.4) is 0 Å². The summed E-state index contributed by atoms with van der Waals surface area (Å²) >= 11 is 0. The third kappa shape index (κ3) is 3.80. The molecule has 1 aromatic rings. The van der Waals surface area contributed by atoms with Crippen molar-refractivity contribution in [1.29, 1.82) is 5.26 Å². The Labute approximate surface area is 113 Å². The first-order chi connectivity index (χ1) is 9.19. The van der Waals surface area contributed by atoms with Crippen molar-refractivity contribution in [2.45, 2.75) is 25.9 Å². The van der Waals surface area contributed by atoms with Gasteiger partial charge in [0.15, 0.2) is 0 Å². The summed E-state index contributed by atoms with van der Waals surface area (Å²) in [6.45, 7) is 3.77. The van der Waals surface area contributed by atoms with Crippen LogP contribution in [0.2, 0.25) is 0 Å². The summed E-state index contributed by atoms with van der Waals surface area (Å²) in [6, 6.07) is 3.97. The summed E-state index contributed by atoms with van der Waals surface area (Å²) in [6.07, 6.45) is 2.50. The van der Waals surface area contributed by atoms with E-state index in [-0.39, 0.29) is 6.10 Å². The molecule has 0 bridgehead atoms. The van der Waals surface area contributed by atoms with Gasteiger partial charge in [-0.15, -0.1) is 0 Å². The number of hydrogen-bond donors (Lipinski definition) is 1. The van der Waals surface area contributed by atoms with E-state index in [4.69, 9.17) is 10.00 Å². The fraction of sp³-hybridized carbons (Fsp3) is 0.615. The smallest absolute Gasteiger partial charge is 0.134 e. The van der Waals surface area contributed by atoms with Crippen LogP contribution >= 0.6 is 0 Å². The van der Waals surface area contributed by atoms with E-state index >= 15 is 0 Å². The Balaban J connectivity index is 2.01. The summed E-state index contributed by atoms with van der Waals surface area (Å²) in [5.74, 6) is 2.23. The van der Waals surface area contributed by atoms with E-state index in [1.54, 1.807) is 4.90 Å². The van der Waals surface area contributed by atoms with Crippen LogP contribution in [-0.2, 0) is 4.74 Å². The van der Waals surface area contributed by atoms with E-state index in [9.17, 15) is 0 Å². The molecular formula is C13H19N5O. The molecule has 1 aliphatic rings. The molecule has 1 saturated heterocycles. The van der Waals surface area contributed by atoms with Gasteiger partial charge in [0.2, 0.25) is 0 Å². The van der Waals surface area contributed by atoms with Gasteiger partial charge in [0.05, 0.1) is 12.2 Å². The molecule has 0 saturated carbocycles. The van der Waals surface area contributed by atoms with Crippen molar-refractivity contribution in [2.75, 3.05) is 37.0 Å². The Morgan fingerprint density at radius 3 is 3.11 bits per heavy atom. The fourth-order valence-corrected chi connectivity index (χ4v) is 2.05. The topological polar surface area (TPSA) is 74.1 Å². The van der Waals surface area contributed by atoms with Crippen LogP contribution in [0, 0.1) is 18.3 Å². The second-order valence-corrected chi connectivity index (χ2v) is 4.69. The summed E-state index contributed by atoms with van der Waals surface area (Å²) < 4.78 is 5.56. The Kier molecular flexibility index (Phi) is 4.53. The van der Waals surface area contributed by atoms with Gasteiger partial charge in [0.25, 0.3) is 0 Å². The lowest BCUT2D eigenvalue weighted by Crippen LogP contribution is -2.21. The van der Waals surface area contributed by atoms with Gasteiger partial charge in [-0.3, -0.25) is 0 Å². The van der Waals surface area contributed by atoms with Gasteiger partial charge in [-0.25, -0.2) is 9.97 Å². The number of aromatic nitrogens is 2. The molecule has 2 heterocycles. The quantitative estimate of drug-likeness (QED) is 0.806. The second kappa shape index (κ2) is 6.34. The molecule has 0 radical (unpaired) electrons. The lowest BCUT2D eigenvalue weighted by Gasteiger charge is -2.17. The zero-order chi connectivity index (χ0) is 13.7. The first-order valence-corrected chi connectivity index (χ1v) is 6.48. The lowest BCUT2D eigenvalue weighted by atomic mass is 10.2. The van der Waals surface area contributed by atoms with E-state index in [1.807, 2.05) is 20.0 Å². The van der Waals surface area contributed by atoms with Gasteiger partial charge in [-0.2, -0.15) is 5.26 Å². The van der Waals surface area contributed by atoms with Crippen LogP contribution in [0.4, 0.5) is 11.6 Å². The minimum atomic E-state index is 0.274. The molecule has 0 aromatic carbocycles. The van der Waals surface area contributed by atoms with Gasteiger partial charge >= 0.3 is 0 Å². The summed E-state index contributed by atoms with van der Waals surface area (Å²) in [5, 5.41) is 12.0. The highest BCUT2D eigenvalue weighted by Gasteiger charge is 2.15. The molecule has 1 N–H and O–H groups in total. The van der Waals surface area contributed by atoms with Crippen molar-refractivity contribution in [1.82, 2.24) is 9.97 Å². The van der Waals surface area contributed by atoms with Crippen LogP contribution in [0.15, 0.2) is 6.07 Å². The van der Waals surface area contributed by atoms with Crippen molar-refractivity contribution in [3.05, 3.63) is 11.9 Å². The largest absolute Gasteiger partial charge is 0.376 e. The van der Waals surface area contributed by atoms with E-state index in [2.05, 4.69) is 21.4 Å². The normalized spacial score (nSPS) is 18.1. The molecule has 2 rings (SSSR count). The molecular weight excluding hydrogens is 242 g/mol. The third-order valence-electron chi connectivity index (χ3n) is 3.06. The first kappa shape index (κ1) is 13.6. The number of hydrogen-bond acceptors (Lipinski definition) is 6. The van der Waals surface area contributed by atoms with E-state index in [1.165, 1.54) is 0 Å². The predicted molar refractivity (Wildman–Crippen MR) is 73.1 cm³/mol. The fourth-order valence-electron chi connectivity index (χ4n) is 2.05. The average molecular weight is 261 g/mol. The SMILES string of the molecule is Cc1nc(NCC2CCCO2)cc(N(C)CC#N)n1. The Morgan fingerprint density at radius 2 is 2.42 bits per heavy atom. The van der Waals surface area contributed by atoms with Crippen LogP contribution < -0.4 is 10.2 Å². The molecule has 6 nitrogen and oxygen atoms in total. The summed E-state index contributed by atoms with van der Waals surface area (Å²) in [5.41, 5.74) is 0. The molecule has 6 heteroatoms. The van der Waals surface area contributed by atoms with E-state index < -0.39 is 0 Å². The van der Waals surface area contributed by atoms with Crippen LogP contribution in [0.1, 0.15) is 18.7 Å². The molecule has 1 aromatic heterocycles. The maximum Gasteiger partial charge on any atom is 0.134 e. The molecule has 0 spiro atoms. The maximum absolute atomic E-state index is 8.72. The van der Waals surface area contributed by atoms with E-state index in [0.29, 0.717) is 12.4 Å². The van der Waals surface area contributed by atoms with Gasteiger partial charge < -0.3 is 15.0 Å². The van der Waals surface area contributed by atoms with Gasteiger partial charge in [0.1, 0.15) is 24.0 Å². The highest BCUT2D eigenvalue weighted by Crippen LogP contribution is 2.16. The van der Waals surface area contributed by atoms with Crippen LogP contribution in [0.5, 0.6) is 0 Å². The molecule has 1 unspecified atom stereocenters. The molecule has 102 valence electrons. The third-order valence-corrected chi connectivity index (χ3v) is 3.06. The number of ether oxygens (including phenoxy) is 1. The molecule has 0 aliphatic carbocycles. The highest BCUT2D eigenvalue weighted by molar-refractivity contribution is 5.49. The Hall–Kier alpha value is -1.87. The lowest BCUT2D eigenvalue weighted by molar-refractivity contribution is 0.120. The maximum atomic E-state index is 8.72. The van der Waals surface area contributed by atoms with E-state index in [0.717, 1.165) is 37.6 Å². The minimum Gasteiger partial charge on any atom is -0.376 e.